The SMILES string of the molecule is CC(C)(C)OC(=O)Nc1nc(C(N)=O)c(-c2ccccc2)s1.COC(=O)c1nc(N)sc1-c1ccccc1.COC(=O)c1nc(NC(=O)OC(C)(C)C)sc1-c1ccccc1.COC(=O)c1nc(NC(=O)OC(C)(C)C)sc1Br.Cl.Cl.Cl.Cl.NC(=O)c1nc(N)sc1-c1ccccc1. The van der Waals surface area contributed by atoms with Gasteiger partial charge in [0.2, 0.25) is 0 Å². The zero-order valence-electron chi connectivity index (χ0n) is 54.4. The lowest BCUT2D eigenvalue weighted by Crippen LogP contribution is -2.27. The average molecular weight is 1590 g/mol. The highest BCUT2D eigenvalue weighted by Gasteiger charge is 2.26. The van der Waals surface area contributed by atoms with E-state index in [-0.39, 0.29) is 93.5 Å². The second-order valence-corrected chi connectivity index (χ2v) is 27.9. The van der Waals surface area contributed by atoms with Gasteiger partial charge in [-0.15, -0.1) is 49.6 Å². The van der Waals surface area contributed by atoms with Crippen molar-refractivity contribution in [1.29, 1.82) is 0 Å². The summed E-state index contributed by atoms with van der Waals surface area (Å²) in [4.78, 5) is 115. The fraction of sp³-hybridized carbons (Fsp3) is 0.242. The van der Waals surface area contributed by atoms with Crippen LogP contribution < -0.4 is 38.9 Å². The van der Waals surface area contributed by atoms with E-state index in [1.807, 2.05) is 121 Å². The minimum Gasteiger partial charge on any atom is -0.464 e. The van der Waals surface area contributed by atoms with Gasteiger partial charge in [0, 0.05) is 0 Å². The number of esters is 3. The van der Waals surface area contributed by atoms with E-state index in [0.29, 0.717) is 23.8 Å². The van der Waals surface area contributed by atoms with E-state index in [1.165, 1.54) is 66.7 Å². The van der Waals surface area contributed by atoms with Gasteiger partial charge in [-0.1, -0.05) is 178 Å². The van der Waals surface area contributed by atoms with Gasteiger partial charge in [0.1, 0.15) is 32.0 Å². The van der Waals surface area contributed by atoms with Crippen LogP contribution in [0.4, 0.5) is 40.0 Å². The number of rotatable bonds is 12. The zero-order chi connectivity index (χ0) is 69.7. The molecule has 98 heavy (non-hydrogen) atoms. The van der Waals surface area contributed by atoms with Gasteiger partial charge in [0.05, 0.1) is 40.8 Å². The van der Waals surface area contributed by atoms with Crippen LogP contribution in [0.5, 0.6) is 0 Å². The molecule has 5 amide bonds. The maximum atomic E-state index is 11.9. The van der Waals surface area contributed by atoms with Crippen molar-refractivity contribution < 1.29 is 66.8 Å². The molecule has 0 aliphatic rings. The fourth-order valence-corrected chi connectivity index (χ4v) is 12.1. The molecule has 5 aromatic heterocycles. The van der Waals surface area contributed by atoms with Crippen LogP contribution in [0.1, 0.15) is 115 Å². The summed E-state index contributed by atoms with van der Waals surface area (Å²) >= 11 is 9.17. The van der Waals surface area contributed by atoms with E-state index >= 15 is 0 Å². The second kappa shape index (κ2) is 40.4. The van der Waals surface area contributed by atoms with E-state index < -0.39 is 64.8 Å². The van der Waals surface area contributed by atoms with Crippen molar-refractivity contribution in [2.24, 2.45) is 11.5 Å². The third-order valence-electron chi connectivity index (χ3n) is 10.7. The Balaban J connectivity index is 0.000000611. The summed E-state index contributed by atoms with van der Waals surface area (Å²) in [6.07, 6.45) is -1.88. The summed E-state index contributed by atoms with van der Waals surface area (Å²) in [5.41, 5.74) is 24.3. The Kier molecular flexibility index (Phi) is 36.0. The number of aromatic nitrogens is 5. The number of halogens is 5. The summed E-state index contributed by atoms with van der Waals surface area (Å²) in [5, 5.41) is 9.03. The van der Waals surface area contributed by atoms with Gasteiger partial charge >= 0.3 is 36.2 Å². The van der Waals surface area contributed by atoms with Crippen molar-refractivity contribution >= 4 is 196 Å². The molecule has 9 aromatic rings. The standard InChI is InChI=1S/C16H18N2O4S.C15H17N3O3S.C11H10N2O2S.C10H13BrN2O4S.C10H9N3OS.4ClH/c1-16(2,3)22-15(20)18-14-17-11(13(19)21-4)12(23-14)10-8-6-5-7-9-10;1-15(2,3)21-14(20)18-13-17-10(12(16)19)11(22-13)9-7-5-4-6-8-9;1-15-10(14)8-9(16-11(12)13-8)7-5-3-2-4-6-7;1-10(2,3)17-9(15)13-8-12-5(6(11)18-8)7(14)16-4;11-9(14)7-8(15-10(12)13-7)6-4-2-1-3-5-6;;;;/h5-9H,1-4H3,(H,17,18,20);4-8H,1-3H3,(H2,16,19)(H,17,18,20);2-6H,1H3,(H2,12,13);1-4H3,(H,12,13,15);1-5H,(H2,11,14)(H2,12,13);4*1H. The van der Waals surface area contributed by atoms with E-state index in [2.05, 4.69) is 66.3 Å². The highest BCUT2D eigenvalue weighted by molar-refractivity contribution is 9.11. The number of hydrogen-bond acceptors (Lipinski definition) is 26. The first-order valence-electron chi connectivity index (χ1n) is 27.5. The van der Waals surface area contributed by atoms with E-state index in [0.717, 1.165) is 43.3 Å². The molecule has 0 fully saturated rings. The monoisotopic (exact) mass is 1590 g/mol. The van der Waals surface area contributed by atoms with Crippen LogP contribution >= 0.6 is 122 Å². The van der Waals surface area contributed by atoms with Crippen LogP contribution in [-0.4, -0.2) is 111 Å². The van der Waals surface area contributed by atoms with Crippen molar-refractivity contribution in [2.75, 3.05) is 48.7 Å². The van der Waals surface area contributed by atoms with Gasteiger partial charge in [-0.3, -0.25) is 25.5 Å². The number of carbonyl (C=O) groups is 8. The summed E-state index contributed by atoms with van der Waals surface area (Å²) in [6.45, 7) is 15.9. The van der Waals surface area contributed by atoms with Crippen LogP contribution in [0.3, 0.4) is 0 Å². The van der Waals surface area contributed by atoms with Crippen LogP contribution in [0.15, 0.2) is 125 Å². The lowest BCUT2D eigenvalue weighted by molar-refractivity contribution is 0.0585. The Morgan fingerprint density at radius 1 is 0.367 bits per heavy atom. The summed E-state index contributed by atoms with van der Waals surface area (Å²) in [7, 11) is 3.87. The lowest BCUT2D eigenvalue weighted by atomic mass is 10.1. The molecule has 11 N–H and O–H groups in total. The van der Waals surface area contributed by atoms with Gasteiger partial charge in [-0.25, -0.2) is 53.7 Å². The van der Waals surface area contributed by atoms with Crippen LogP contribution in [-0.2, 0) is 28.4 Å². The van der Waals surface area contributed by atoms with Gasteiger partial charge < -0.3 is 51.4 Å². The third-order valence-corrected chi connectivity index (χ3v) is 16.2. The van der Waals surface area contributed by atoms with Crippen molar-refractivity contribution in [3.63, 3.8) is 0 Å². The van der Waals surface area contributed by atoms with Crippen LogP contribution in [0, 0.1) is 0 Å². The number of thiazole rings is 5. The maximum Gasteiger partial charge on any atom is 0.413 e. The first-order chi connectivity index (χ1) is 44.2. The number of nitrogens with two attached hydrogens (primary N) is 4. The number of nitrogens with zero attached hydrogens (tertiary/aromatic N) is 5. The number of primary amides is 2. The number of hydrogen-bond donors (Lipinski definition) is 7. The molecule has 0 radical (unpaired) electrons. The molecule has 0 spiro atoms. The predicted molar refractivity (Wildman–Crippen MR) is 398 cm³/mol. The normalized spacial score (nSPS) is 10.3. The molecule has 0 saturated carbocycles. The van der Waals surface area contributed by atoms with Crippen molar-refractivity contribution in [1.82, 2.24) is 24.9 Å². The summed E-state index contributed by atoms with van der Waals surface area (Å²) < 4.78 is 29.9. The number of amides is 5. The minimum absolute atomic E-state index is 0. The Morgan fingerprint density at radius 2 is 0.602 bits per heavy atom. The van der Waals surface area contributed by atoms with Gasteiger partial charge in [0.15, 0.2) is 42.7 Å². The molecule has 0 aliphatic heterocycles. The number of methoxy groups -OCH3 is 3. The van der Waals surface area contributed by atoms with Crippen molar-refractivity contribution in [2.45, 2.75) is 79.1 Å². The molecule has 0 unspecified atom stereocenters. The summed E-state index contributed by atoms with van der Waals surface area (Å²) in [6, 6.07) is 37.5. The molecule has 4 aromatic carbocycles. The van der Waals surface area contributed by atoms with Gasteiger partial charge in [-0.05, 0) is 100 Å². The van der Waals surface area contributed by atoms with Crippen LogP contribution in [0.2, 0.25) is 0 Å². The Hall–Kier alpha value is -8.57. The molecule has 0 saturated heterocycles. The minimum atomic E-state index is -0.646. The number of nitrogens with one attached hydrogen (secondary N) is 3. The number of ether oxygens (including phenoxy) is 6. The van der Waals surface area contributed by atoms with Crippen LogP contribution in [0.25, 0.3) is 41.8 Å². The largest absolute Gasteiger partial charge is 0.464 e. The zero-order valence-corrected chi connectivity index (χ0v) is 63.3. The molecule has 26 nitrogen and oxygen atoms in total. The Labute approximate surface area is 617 Å². The number of anilines is 5. The van der Waals surface area contributed by atoms with E-state index in [1.54, 1.807) is 62.3 Å². The Bertz CT molecular complexity index is 4090. The van der Waals surface area contributed by atoms with Crippen molar-refractivity contribution in [3.8, 4) is 41.8 Å². The lowest BCUT2D eigenvalue weighted by Gasteiger charge is -2.18. The van der Waals surface area contributed by atoms with E-state index in [9.17, 15) is 38.4 Å². The molecule has 528 valence electrons. The highest BCUT2D eigenvalue weighted by atomic mass is 79.9. The molecule has 36 heteroatoms. The molecular formula is C62H71BrCl4N12O14S5. The summed E-state index contributed by atoms with van der Waals surface area (Å²) in [5.74, 6) is -2.80. The number of nitrogen functional groups attached to an aromatic ring is 2. The molecule has 0 aliphatic carbocycles. The first-order valence-corrected chi connectivity index (χ1v) is 32.3. The quantitative estimate of drug-likeness (QED) is 0.0441. The highest BCUT2D eigenvalue weighted by Crippen LogP contribution is 2.37. The van der Waals surface area contributed by atoms with Gasteiger partial charge in [-0.2, -0.15) is 0 Å². The molecular weight excluding hydrogens is 1520 g/mol. The number of benzene rings is 4. The maximum absolute atomic E-state index is 11.9. The molecule has 0 atom stereocenters. The molecule has 5 heterocycles. The average Bonchev–Trinajstić information content (AvgIpc) is 1.68. The number of carbonyl (C=O) groups excluding carboxylic acids is 8. The predicted octanol–water partition coefficient (Wildman–Crippen LogP) is 15.6. The smallest absolute Gasteiger partial charge is 0.413 e. The van der Waals surface area contributed by atoms with E-state index in [4.69, 9.17) is 41.9 Å². The third kappa shape index (κ3) is 28.1. The van der Waals surface area contributed by atoms with Crippen molar-refractivity contribution in [3.05, 3.63) is 154 Å². The molecule has 9 rings (SSSR count). The topological polar surface area (TPSA) is 397 Å². The Morgan fingerprint density at radius 3 is 0.908 bits per heavy atom. The second-order valence-electron chi connectivity index (χ2n) is 21.5. The molecule has 0 bridgehead atoms. The fourth-order valence-electron chi connectivity index (χ4n) is 7.12. The van der Waals surface area contributed by atoms with Gasteiger partial charge in [0.25, 0.3) is 11.8 Å². The first kappa shape index (κ1) is 87.4.